The lowest BCUT2D eigenvalue weighted by atomic mass is 9.99. The lowest BCUT2D eigenvalue weighted by molar-refractivity contribution is -0.274. The summed E-state index contributed by atoms with van der Waals surface area (Å²) in [4.78, 5) is 26.1. The summed E-state index contributed by atoms with van der Waals surface area (Å²) < 4.78 is 41.3. The number of ether oxygens (including phenoxy) is 1. The molecule has 3 aromatic carbocycles. The Morgan fingerprint density at radius 3 is 2.45 bits per heavy atom. The number of hydrogen-bond donors (Lipinski definition) is 2. The molecule has 1 aliphatic heterocycles. The van der Waals surface area contributed by atoms with Crippen molar-refractivity contribution in [2.45, 2.75) is 19.2 Å². The molecule has 0 saturated heterocycles. The van der Waals surface area contributed by atoms with Crippen molar-refractivity contribution in [1.29, 1.82) is 0 Å². The Morgan fingerprint density at radius 1 is 1.00 bits per heavy atom. The van der Waals surface area contributed by atoms with Crippen molar-refractivity contribution in [3.05, 3.63) is 77.4 Å². The second-order valence-corrected chi connectivity index (χ2v) is 7.68. The smallest absolute Gasteiger partial charge is 0.406 e. The number of fused-ring (bicyclic) bond motifs is 1. The summed E-state index contributed by atoms with van der Waals surface area (Å²) in [5.74, 6) is -1.20. The van der Waals surface area contributed by atoms with Crippen molar-refractivity contribution in [3.63, 3.8) is 0 Å². The van der Waals surface area contributed by atoms with Gasteiger partial charge in [0.1, 0.15) is 5.75 Å². The average molecular weight is 455 g/mol. The van der Waals surface area contributed by atoms with Crippen LogP contribution >= 0.6 is 0 Å². The van der Waals surface area contributed by atoms with Crippen molar-refractivity contribution < 1.29 is 27.5 Å². The summed E-state index contributed by atoms with van der Waals surface area (Å²) in [6.07, 6.45) is -4.23. The Balaban J connectivity index is 1.53. The van der Waals surface area contributed by atoms with Crippen LogP contribution in [0.25, 0.3) is 11.1 Å². The highest BCUT2D eigenvalue weighted by atomic mass is 19.4. The van der Waals surface area contributed by atoms with Gasteiger partial charge in [0.15, 0.2) is 0 Å². The van der Waals surface area contributed by atoms with Crippen LogP contribution in [0.2, 0.25) is 0 Å². The third-order valence-corrected chi connectivity index (χ3v) is 5.42. The Bertz CT molecular complexity index is 1240. The number of nitrogens with two attached hydrogens (primary N) is 2. The van der Waals surface area contributed by atoms with Crippen LogP contribution in [0.5, 0.6) is 5.75 Å². The van der Waals surface area contributed by atoms with E-state index in [0.717, 1.165) is 22.4 Å². The predicted octanol–water partition coefficient (Wildman–Crippen LogP) is 4.07. The summed E-state index contributed by atoms with van der Waals surface area (Å²) in [5, 5.41) is 0. The van der Waals surface area contributed by atoms with Crippen molar-refractivity contribution in [3.8, 4) is 16.9 Å². The molecular weight excluding hydrogens is 435 g/mol. The number of halogens is 3. The quantitative estimate of drug-likeness (QED) is 0.567. The van der Waals surface area contributed by atoms with Crippen LogP contribution in [0.4, 0.5) is 24.5 Å². The fourth-order valence-corrected chi connectivity index (χ4v) is 3.91. The minimum Gasteiger partial charge on any atom is -0.406 e. The molecule has 1 heterocycles. The topological polar surface area (TPSA) is 98.7 Å². The molecule has 0 radical (unpaired) electrons. The van der Waals surface area contributed by atoms with Crippen LogP contribution in [0, 0.1) is 0 Å². The Kier molecular flexibility index (Phi) is 5.71. The summed E-state index contributed by atoms with van der Waals surface area (Å²) in [7, 11) is 0. The zero-order chi connectivity index (χ0) is 23.8. The van der Waals surface area contributed by atoms with E-state index in [-0.39, 0.29) is 23.6 Å². The van der Waals surface area contributed by atoms with E-state index in [1.54, 1.807) is 29.2 Å². The number of anilines is 2. The number of alkyl halides is 3. The van der Waals surface area contributed by atoms with Crippen LogP contribution in [-0.4, -0.2) is 24.7 Å². The first-order valence-electron chi connectivity index (χ1n) is 10.1. The molecule has 0 bridgehead atoms. The molecule has 0 fully saturated rings. The Labute approximate surface area is 187 Å². The van der Waals surface area contributed by atoms with Gasteiger partial charge in [0.2, 0.25) is 5.91 Å². The van der Waals surface area contributed by atoms with Crippen molar-refractivity contribution in [2.75, 3.05) is 17.2 Å². The molecule has 6 nitrogen and oxygen atoms in total. The second kappa shape index (κ2) is 8.50. The summed E-state index contributed by atoms with van der Waals surface area (Å²) in [5.41, 5.74) is 15.5. The first kappa shape index (κ1) is 22.2. The third-order valence-electron chi connectivity index (χ3n) is 5.42. The number of hydrogen-bond acceptors (Lipinski definition) is 4. The van der Waals surface area contributed by atoms with Gasteiger partial charge in [-0.2, -0.15) is 0 Å². The number of nitrogens with zero attached hydrogens (tertiary/aromatic N) is 1. The summed E-state index contributed by atoms with van der Waals surface area (Å²) >= 11 is 0. The zero-order valence-corrected chi connectivity index (χ0v) is 17.4. The highest BCUT2D eigenvalue weighted by molar-refractivity contribution is 6.00. The Morgan fingerprint density at radius 2 is 1.73 bits per heavy atom. The lowest BCUT2D eigenvalue weighted by Gasteiger charge is -2.18. The van der Waals surface area contributed by atoms with E-state index in [1.807, 2.05) is 18.2 Å². The molecule has 0 spiro atoms. The summed E-state index contributed by atoms with van der Waals surface area (Å²) in [6.45, 7) is 0.463. The zero-order valence-electron chi connectivity index (χ0n) is 17.4. The number of carbonyl (C=O) groups is 2. The highest BCUT2D eigenvalue weighted by Crippen LogP contribution is 2.34. The monoisotopic (exact) mass is 455 g/mol. The van der Waals surface area contributed by atoms with Gasteiger partial charge in [-0.25, -0.2) is 0 Å². The molecule has 33 heavy (non-hydrogen) atoms. The lowest BCUT2D eigenvalue weighted by Crippen LogP contribution is -2.30. The van der Waals surface area contributed by atoms with E-state index >= 15 is 0 Å². The first-order valence-corrected chi connectivity index (χ1v) is 10.1. The first-order chi connectivity index (χ1) is 15.6. The molecule has 0 unspecified atom stereocenters. The van der Waals surface area contributed by atoms with E-state index in [2.05, 4.69) is 4.74 Å². The number of primary amides is 1. The van der Waals surface area contributed by atoms with Gasteiger partial charge >= 0.3 is 6.36 Å². The van der Waals surface area contributed by atoms with Crippen LogP contribution in [0.3, 0.4) is 0 Å². The predicted molar refractivity (Wildman–Crippen MR) is 118 cm³/mol. The van der Waals surface area contributed by atoms with Crippen LogP contribution in [0.15, 0.2) is 60.7 Å². The molecule has 0 atom stereocenters. The SMILES string of the molecule is NC(=O)c1cc(-c2ccc3c(c2)CCN3C(=O)Cc2cccc(OC(F)(F)F)c2)ccc1N. The molecule has 9 heteroatoms. The maximum Gasteiger partial charge on any atom is 0.573 e. The standard InChI is InChI=1S/C24H20F3N3O3/c25-24(26,27)33-18-3-1-2-14(10-18)11-22(31)30-9-8-17-12-15(5-7-21(17)30)16-4-6-20(28)19(13-16)23(29)32/h1-7,10,12-13H,8-9,11,28H2,(H2,29,32). The van der Waals surface area contributed by atoms with Crippen LogP contribution < -0.4 is 21.1 Å². The molecule has 4 rings (SSSR count). The molecule has 1 aliphatic rings. The molecule has 170 valence electrons. The van der Waals surface area contributed by atoms with Gasteiger partial charge < -0.3 is 21.1 Å². The van der Waals surface area contributed by atoms with Crippen LogP contribution in [-0.2, 0) is 17.6 Å². The van der Waals surface area contributed by atoms with Crippen molar-refractivity contribution >= 4 is 23.2 Å². The van der Waals surface area contributed by atoms with E-state index in [4.69, 9.17) is 11.5 Å². The highest BCUT2D eigenvalue weighted by Gasteiger charge is 2.31. The fraction of sp³-hybridized carbons (Fsp3) is 0.167. The number of amides is 2. The van der Waals surface area contributed by atoms with Gasteiger partial charge in [0.25, 0.3) is 5.91 Å². The summed E-state index contributed by atoms with van der Waals surface area (Å²) in [6, 6.07) is 16.0. The second-order valence-electron chi connectivity index (χ2n) is 7.68. The molecular formula is C24H20F3N3O3. The van der Waals surface area contributed by atoms with E-state index in [0.29, 0.717) is 24.2 Å². The molecule has 3 aromatic rings. The average Bonchev–Trinajstić information content (AvgIpc) is 3.16. The minimum absolute atomic E-state index is 0.0593. The Hall–Kier alpha value is -4.01. The van der Waals surface area contributed by atoms with E-state index in [1.165, 1.54) is 18.2 Å². The number of rotatable bonds is 5. The minimum atomic E-state index is -4.79. The van der Waals surface area contributed by atoms with Gasteiger partial charge in [-0.05, 0) is 65.1 Å². The van der Waals surface area contributed by atoms with E-state index in [9.17, 15) is 22.8 Å². The van der Waals surface area contributed by atoms with Gasteiger partial charge in [-0.15, -0.1) is 13.2 Å². The molecule has 0 aromatic heterocycles. The molecule has 4 N–H and O–H groups in total. The number of nitrogen functional groups attached to an aromatic ring is 1. The fourth-order valence-electron chi connectivity index (χ4n) is 3.91. The van der Waals surface area contributed by atoms with E-state index < -0.39 is 12.3 Å². The van der Waals surface area contributed by atoms with Gasteiger partial charge in [-0.1, -0.05) is 24.3 Å². The number of benzene rings is 3. The largest absolute Gasteiger partial charge is 0.573 e. The maximum absolute atomic E-state index is 12.9. The number of carbonyl (C=O) groups excluding carboxylic acids is 2. The molecule has 0 saturated carbocycles. The van der Waals surface area contributed by atoms with Gasteiger partial charge in [-0.3, -0.25) is 9.59 Å². The molecule has 0 aliphatic carbocycles. The normalized spacial score (nSPS) is 13.0. The van der Waals surface area contributed by atoms with Crippen molar-refractivity contribution in [2.24, 2.45) is 5.73 Å². The third kappa shape index (κ3) is 4.92. The van der Waals surface area contributed by atoms with Gasteiger partial charge in [0.05, 0.1) is 12.0 Å². The maximum atomic E-state index is 12.9. The van der Waals surface area contributed by atoms with Crippen molar-refractivity contribution in [1.82, 2.24) is 0 Å². The van der Waals surface area contributed by atoms with Crippen LogP contribution in [0.1, 0.15) is 21.5 Å². The van der Waals surface area contributed by atoms with Gasteiger partial charge in [0, 0.05) is 17.9 Å². The molecule has 2 amide bonds.